The van der Waals surface area contributed by atoms with Gasteiger partial charge in [-0.15, -0.1) is 13.2 Å². The Kier molecular flexibility index (Phi) is 53.7. The molecule has 0 heterocycles. The van der Waals surface area contributed by atoms with Crippen LogP contribution in [0.25, 0.3) is 0 Å². The van der Waals surface area contributed by atoms with E-state index < -0.39 is 10.4 Å². The van der Waals surface area contributed by atoms with E-state index in [0.717, 1.165) is 26.1 Å². The molecule has 0 aromatic heterocycles. The summed E-state index contributed by atoms with van der Waals surface area (Å²) in [6.07, 6.45) is 11.7. The summed E-state index contributed by atoms with van der Waals surface area (Å²) in [4.78, 5) is 0. The van der Waals surface area contributed by atoms with Crippen molar-refractivity contribution in [2.24, 2.45) is 0 Å². The van der Waals surface area contributed by atoms with Crippen molar-refractivity contribution in [1.82, 2.24) is 0 Å². The maximum absolute atomic E-state index is 10.1. The Bertz CT molecular complexity index is 338. The van der Waals surface area contributed by atoms with Crippen molar-refractivity contribution in [3.05, 3.63) is 13.2 Å². The van der Waals surface area contributed by atoms with E-state index >= 15 is 0 Å². The molecule has 0 saturated carbocycles. The molecule has 29 heavy (non-hydrogen) atoms. The van der Waals surface area contributed by atoms with Gasteiger partial charge in [0.1, 0.15) is 0 Å². The van der Waals surface area contributed by atoms with E-state index in [1.807, 2.05) is 13.8 Å². The molecule has 0 rings (SSSR count). The second-order valence-corrected chi connectivity index (χ2v) is 6.69. The number of hydrogen-bond donors (Lipinski definition) is 2. The van der Waals surface area contributed by atoms with Crippen molar-refractivity contribution in [2.45, 2.75) is 85.0 Å². The summed E-state index contributed by atoms with van der Waals surface area (Å²) >= 11 is 0. The van der Waals surface area contributed by atoms with Crippen LogP contribution in [0.4, 0.5) is 0 Å². The Labute approximate surface area is 202 Å². The fourth-order valence-corrected chi connectivity index (χ4v) is 2.28. The first kappa shape index (κ1) is 39.9. The standard InChI is InChI=1S/C12H26O4S.C4H10O.C2H6O2.C2H4.Na/c1-2-3-4-5-6-7-8-9-10-11-12-16-17(13,14)15;1-3-5-4-2;3-1-2-4;1-2;/h2-12H2,1H3,(H,13,14,15);3-4H2,1-2H3;3-4H,1-2H2;1-2H2;/q;;;;+1/p-1. The van der Waals surface area contributed by atoms with E-state index in [2.05, 4.69) is 24.3 Å². The first-order chi connectivity index (χ1) is 13.4. The van der Waals surface area contributed by atoms with Gasteiger partial charge in [-0.25, -0.2) is 8.42 Å². The molecule has 0 amide bonds. The minimum atomic E-state index is -4.48. The van der Waals surface area contributed by atoms with Gasteiger partial charge in [-0.3, -0.25) is 4.18 Å². The van der Waals surface area contributed by atoms with Crippen LogP contribution in [0.1, 0.15) is 85.0 Å². The molecule has 0 radical (unpaired) electrons. The van der Waals surface area contributed by atoms with Gasteiger partial charge in [-0.1, -0.05) is 64.7 Å². The summed E-state index contributed by atoms with van der Waals surface area (Å²) in [5, 5.41) is 15.2. The smallest absolute Gasteiger partial charge is 0.726 e. The Morgan fingerprint density at radius 3 is 1.34 bits per heavy atom. The largest absolute Gasteiger partial charge is 1.00 e. The number of aliphatic hydroxyl groups is 2. The number of ether oxygens (including phenoxy) is 1. The number of aliphatic hydroxyl groups excluding tert-OH is 2. The van der Waals surface area contributed by atoms with E-state index in [4.69, 9.17) is 14.9 Å². The maximum atomic E-state index is 10.1. The first-order valence-corrected chi connectivity index (χ1v) is 11.6. The molecule has 7 nitrogen and oxygen atoms in total. The minimum absolute atomic E-state index is 0. The van der Waals surface area contributed by atoms with Crippen molar-refractivity contribution in [1.29, 1.82) is 0 Å². The summed E-state index contributed by atoms with van der Waals surface area (Å²) in [7, 11) is -4.48. The van der Waals surface area contributed by atoms with Gasteiger partial charge in [-0.2, -0.15) is 0 Å². The Hall–Kier alpha value is 0.490. The van der Waals surface area contributed by atoms with Crippen LogP contribution in [0.15, 0.2) is 13.2 Å². The summed E-state index contributed by atoms with van der Waals surface area (Å²) in [5.41, 5.74) is 0. The van der Waals surface area contributed by atoms with Gasteiger partial charge in [0, 0.05) is 13.2 Å². The van der Waals surface area contributed by atoms with Gasteiger partial charge in [0.25, 0.3) is 0 Å². The fourth-order valence-electron chi connectivity index (χ4n) is 1.95. The van der Waals surface area contributed by atoms with Crippen LogP contribution in [-0.2, 0) is 19.3 Å². The number of unbranched alkanes of at least 4 members (excludes halogenated alkanes) is 9. The molecule has 0 bridgehead atoms. The average Bonchev–Trinajstić information content (AvgIpc) is 2.68. The molecule has 0 spiro atoms. The predicted molar refractivity (Wildman–Crippen MR) is 115 cm³/mol. The molecule has 0 aliphatic heterocycles. The third kappa shape index (κ3) is 65.4. The minimum Gasteiger partial charge on any atom is -0.726 e. The van der Waals surface area contributed by atoms with Gasteiger partial charge >= 0.3 is 29.6 Å². The molecule has 0 atom stereocenters. The van der Waals surface area contributed by atoms with Crippen molar-refractivity contribution < 1.29 is 61.7 Å². The number of hydrogen-bond acceptors (Lipinski definition) is 7. The molecular formula is C20H45NaO7S. The van der Waals surface area contributed by atoms with Crippen LogP contribution >= 0.6 is 0 Å². The SMILES string of the molecule is C=C.CCCCCCCCCCCCOS(=O)(=O)[O-].CCOCC.OCCO.[Na+]. The van der Waals surface area contributed by atoms with Crippen LogP contribution in [-0.4, -0.2) is 56.2 Å². The van der Waals surface area contributed by atoms with Crippen molar-refractivity contribution in [2.75, 3.05) is 33.0 Å². The predicted octanol–water partition coefficient (Wildman–Crippen LogP) is 1.20. The molecular weight excluding hydrogens is 407 g/mol. The Morgan fingerprint density at radius 2 is 1.10 bits per heavy atom. The summed E-state index contributed by atoms with van der Waals surface area (Å²) < 4.78 is 39.3. The van der Waals surface area contributed by atoms with Gasteiger partial charge < -0.3 is 19.5 Å². The van der Waals surface area contributed by atoms with E-state index in [1.165, 1.54) is 44.9 Å². The zero-order chi connectivity index (χ0) is 22.5. The summed E-state index contributed by atoms with van der Waals surface area (Å²) in [6, 6.07) is 0. The first-order valence-electron chi connectivity index (χ1n) is 10.3. The average molecular weight is 453 g/mol. The Morgan fingerprint density at radius 1 is 0.759 bits per heavy atom. The molecule has 174 valence electrons. The summed E-state index contributed by atoms with van der Waals surface area (Å²) in [5.74, 6) is 0. The topological polar surface area (TPSA) is 116 Å². The number of rotatable bonds is 15. The molecule has 2 N–H and O–H groups in total. The van der Waals surface area contributed by atoms with Crippen molar-refractivity contribution in [3.63, 3.8) is 0 Å². The zero-order valence-corrected chi connectivity index (χ0v) is 22.2. The molecule has 0 aromatic rings. The molecule has 0 aliphatic rings. The van der Waals surface area contributed by atoms with Gasteiger partial charge in [0.2, 0.25) is 10.4 Å². The molecule has 0 saturated heterocycles. The van der Waals surface area contributed by atoms with Crippen LogP contribution in [0.5, 0.6) is 0 Å². The second kappa shape index (κ2) is 39.0. The van der Waals surface area contributed by atoms with E-state index in [0.29, 0.717) is 6.42 Å². The third-order valence-corrected chi connectivity index (χ3v) is 3.69. The molecule has 0 unspecified atom stereocenters. The van der Waals surface area contributed by atoms with Crippen molar-refractivity contribution in [3.8, 4) is 0 Å². The quantitative estimate of drug-likeness (QED) is 0.126. The van der Waals surface area contributed by atoms with Crippen LogP contribution in [0, 0.1) is 0 Å². The zero-order valence-electron chi connectivity index (χ0n) is 19.4. The molecule has 9 heteroatoms. The Balaban J connectivity index is -0.000000133. The fraction of sp³-hybridized carbons (Fsp3) is 0.900. The molecule has 0 aromatic carbocycles. The third-order valence-electron chi connectivity index (χ3n) is 3.23. The van der Waals surface area contributed by atoms with Crippen LogP contribution < -0.4 is 29.6 Å². The van der Waals surface area contributed by atoms with Crippen LogP contribution in [0.2, 0.25) is 0 Å². The summed E-state index contributed by atoms with van der Waals surface area (Å²) in [6.45, 7) is 13.7. The normalized spacial score (nSPS) is 9.59. The monoisotopic (exact) mass is 452 g/mol. The maximum Gasteiger partial charge on any atom is 1.00 e. The molecule has 0 aliphatic carbocycles. The van der Waals surface area contributed by atoms with Gasteiger partial charge in [-0.05, 0) is 20.3 Å². The second-order valence-electron chi connectivity index (χ2n) is 5.64. The van der Waals surface area contributed by atoms with Gasteiger partial charge in [0.05, 0.1) is 19.8 Å². The van der Waals surface area contributed by atoms with Crippen molar-refractivity contribution >= 4 is 10.4 Å². The van der Waals surface area contributed by atoms with Crippen LogP contribution in [0.3, 0.4) is 0 Å². The van der Waals surface area contributed by atoms with Gasteiger partial charge in [0.15, 0.2) is 0 Å². The van der Waals surface area contributed by atoms with E-state index in [1.54, 1.807) is 0 Å². The van der Waals surface area contributed by atoms with E-state index in [-0.39, 0.29) is 49.4 Å². The molecule has 0 fully saturated rings. The van der Waals surface area contributed by atoms with E-state index in [9.17, 15) is 13.0 Å².